The van der Waals surface area contributed by atoms with Gasteiger partial charge >= 0.3 is 0 Å². The predicted molar refractivity (Wildman–Crippen MR) is 69.0 cm³/mol. The molecule has 2 saturated carbocycles. The van der Waals surface area contributed by atoms with Gasteiger partial charge in [-0.1, -0.05) is 25.9 Å². The molecule has 1 aromatic heterocycles. The number of hydrogen-bond acceptors (Lipinski definition) is 4. The van der Waals surface area contributed by atoms with Crippen LogP contribution in [0.25, 0.3) is 0 Å². The molecule has 1 unspecified atom stereocenters. The fourth-order valence-corrected chi connectivity index (χ4v) is 4.44. The van der Waals surface area contributed by atoms with Gasteiger partial charge in [-0.3, -0.25) is 0 Å². The molecule has 3 rings (SSSR count). The van der Waals surface area contributed by atoms with Crippen LogP contribution >= 0.6 is 0 Å². The van der Waals surface area contributed by atoms with Crippen molar-refractivity contribution in [1.29, 1.82) is 0 Å². The van der Waals surface area contributed by atoms with E-state index in [0.29, 0.717) is 16.9 Å². The minimum absolute atomic E-state index is 0.418. The molecule has 0 aliphatic heterocycles. The van der Waals surface area contributed by atoms with Crippen molar-refractivity contribution < 1.29 is 4.52 Å². The molecule has 3 atom stereocenters. The first-order valence-electron chi connectivity index (χ1n) is 7.01. The zero-order valence-electron chi connectivity index (χ0n) is 11.6. The second-order valence-electron chi connectivity index (χ2n) is 6.89. The summed E-state index contributed by atoms with van der Waals surface area (Å²) < 4.78 is 5.04. The average molecular weight is 249 g/mol. The van der Waals surface area contributed by atoms with Gasteiger partial charge < -0.3 is 9.84 Å². The molecule has 0 saturated heterocycles. The molecule has 0 spiro atoms. The van der Waals surface area contributed by atoms with E-state index in [4.69, 9.17) is 4.52 Å². The third-order valence-corrected chi connectivity index (χ3v) is 5.36. The molecule has 1 N–H and O–H groups in total. The van der Waals surface area contributed by atoms with Crippen LogP contribution in [0.1, 0.15) is 45.9 Å². The van der Waals surface area contributed by atoms with E-state index in [1.54, 1.807) is 0 Å². The molecule has 2 bridgehead atoms. The molecular formula is C14H23N3O. The summed E-state index contributed by atoms with van der Waals surface area (Å²) in [6.07, 6.45) is 6.47. The topological polar surface area (TPSA) is 51.0 Å². The van der Waals surface area contributed by atoms with Crippen molar-refractivity contribution in [2.45, 2.75) is 52.5 Å². The highest BCUT2D eigenvalue weighted by Crippen LogP contribution is 2.62. The van der Waals surface area contributed by atoms with E-state index >= 15 is 0 Å². The molecule has 0 amide bonds. The Morgan fingerprint density at radius 3 is 2.89 bits per heavy atom. The summed E-state index contributed by atoms with van der Waals surface area (Å²) in [6.45, 7) is 8.23. The zero-order valence-corrected chi connectivity index (χ0v) is 11.6. The van der Waals surface area contributed by atoms with Gasteiger partial charge in [-0.25, -0.2) is 0 Å². The van der Waals surface area contributed by atoms with Gasteiger partial charge in [0.15, 0.2) is 6.33 Å². The maximum Gasteiger partial charge on any atom is 0.227 e. The number of nitrogens with one attached hydrogen (secondary N) is 1. The molecule has 2 aliphatic rings. The SMILES string of the molecule is CC1(C)C(NCCc2ncno2)[C@]2(C)CC[C@H]1C2. The first-order valence-corrected chi connectivity index (χ1v) is 7.01. The van der Waals surface area contributed by atoms with E-state index in [-0.39, 0.29) is 0 Å². The van der Waals surface area contributed by atoms with Gasteiger partial charge in [0.05, 0.1) is 0 Å². The van der Waals surface area contributed by atoms with Crippen molar-refractivity contribution in [2.24, 2.45) is 16.7 Å². The largest absolute Gasteiger partial charge is 0.340 e. The third kappa shape index (κ3) is 1.78. The van der Waals surface area contributed by atoms with E-state index in [1.165, 1.54) is 25.6 Å². The average Bonchev–Trinajstić information content (AvgIpc) is 2.96. The first kappa shape index (κ1) is 12.2. The second-order valence-corrected chi connectivity index (χ2v) is 6.89. The molecule has 2 fully saturated rings. The maximum atomic E-state index is 5.04. The highest BCUT2D eigenvalue weighted by Gasteiger charge is 2.58. The van der Waals surface area contributed by atoms with Crippen LogP contribution in [0, 0.1) is 16.7 Å². The summed E-state index contributed by atoms with van der Waals surface area (Å²) in [5, 5.41) is 7.39. The van der Waals surface area contributed by atoms with Crippen LogP contribution in [-0.4, -0.2) is 22.7 Å². The van der Waals surface area contributed by atoms with Crippen molar-refractivity contribution in [2.75, 3.05) is 6.54 Å². The van der Waals surface area contributed by atoms with Crippen LogP contribution in [0.2, 0.25) is 0 Å². The Labute approximate surface area is 109 Å². The minimum atomic E-state index is 0.418. The van der Waals surface area contributed by atoms with Crippen molar-refractivity contribution in [3.05, 3.63) is 12.2 Å². The first-order chi connectivity index (χ1) is 8.52. The zero-order chi connectivity index (χ0) is 12.8. The Morgan fingerprint density at radius 1 is 1.44 bits per heavy atom. The Kier molecular flexibility index (Phi) is 2.73. The molecule has 18 heavy (non-hydrogen) atoms. The summed E-state index contributed by atoms with van der Waals surface area (Å²) in [6, 6.07) is 0.617. The number of nitrogens with zero attached hydrogens (tertiary/aromatic N) is 2. The molecule has 4 heteroatoms. The lowest BCUT2D eigenvalue weighted by atomic mass is 9.68. The van der Waals surface area contributed by atoms with E-state index in [1.807, 2.05) is 0 Å². The van der Waals surface area contributed by atoms with Crippen LogP contribution in [-0.2, 0) is 6.42 Å². The van der Waals surface area contributed by atoms with Crippen LogP contribution in [0.4, 0.5) is 0 Å². The van der Waals surface area contributed by atoms with Gasteiger partial charge in [0, 0.05) is 19.0 Å². The van der Waals surface area contributed by atoms with Gasteiger partial charge in [-0.05, 0) is 36.0 Å². The Hall–Kier alpha value is -0.900. The Morgan fingerprint density at radius 2 is 2.28 bits per heavy atom. The quantitative estimate of drug-likeness (QED) is 0.890. The Balaban J connectivity index is 1.62. The number of fused-ring (bicyclic) bond motifs is 2. The van der Waals surface area contributed by atoms with Gasteiger partial charge in [0.25, 0.3) is 0 Å². The summed E-state index contributed by atoms with van der Waals surface area (Å²) in [4.78, 5) is 4.06. The second kappa shape index (κ2) is 4.05. The lowest BCUT2D eigenvalue weighted by Gasteiger charge is -2.43. The van der Waals surface area contributed by atoms with Crippen LogP contribution in [0.3, 0.4) is 0 Å². The fourth-order valence-electron chi connectivity index (χ4n) is 4.44. The maximum absolute atomic E-state index is 5.04. The van der Waals surface area contributed by atoms with E-state index in [2.05, 4.69) is 36.2 Å². The highest BCUT2D eigenvalue weighted by molar-refractivity contribution is 5.12. The summed E-state index contributed by atoms with van der Waals surface area (Å²) >= 11 is 0. The monoisotopic (exact) mass is 249 g/mol. The number of hydrogen-bond donors (Lipinski definition) is 1. The number of rotatable bonds is 4. The lowest BCUT2D eigenvalue weighted by Crippen LogP contribution is -2.50. The van der Waals surface area contributed by atoms with Crippen LogP contribution < -0.4 is 5.32 Å². The molecular weight excluding hydrogens is 226 g/mol. The van der Waals surface area contributed by atoms with Crippen LogP contribution in [0.15, 0.2) is 10.9 Å². The normalized spacial score (nSPS) is 37.3. The standard InChI is InChI=1S/C14H23N3O/c1-13(2)10-4-6-14(3,8-10)12(13)15-7-5-11-16-9-17-18-11/h9-10,12,15H,4-8H2,1-3H3/t10-,12?,14+/m0/s1. The van der Waals surface area contributed by atoms with Crippen molar-refractivity contribution in [3.8, 4) is 0 Å². The summed E-state index contributed by atoms with van der Waals surface area (Å²) in [7, 11) is 0. The molecule has 1 heterocycles. The molecule has 2 aliphatic carbocycles. The van der Waals surface area contributed by atoms with Crippen molar-refractivity contribution in [1.82, 2.24) is 15.5 Å². The fraction of sp³-hybridized carbons (Fsp3) is 0.857. The predicted octanol–water partition coefficient (Wildman–Crippen LogP) is 2.42. The van der Waals surface area contributed by atoms with Crippen molar-refractivity contribution >= 4 is 0 Å². The molecule has 0 aromatic carbocycles. The highest BCUT2D eigenvalue weighted by atomic mass is 16.5. The molecule has 1 aromatic rings. The lowest BCUT2D eigenvalue weighted by molar-refractivity contribution is 0.109. The van der Waals surface area contributed by atoms with Crippen LogP contribution in [0.5, 0.6) is 0 Å². The molecule has 4 nitrogen and oxygen atoms in total. The number of aromatic nitrogens is 2. The van der Waals surface area contributed by atoms with E-state index < -0.39 is 0 Å². The van der Waals surface area contributed by atoms with Gasteiger partial charge in [-0.15, -0.1) is 0 Å². The Bertz CT molecular complexity index is 410. The smallest absolute Gasteiger partial charge is 0.227 e. The van der Waals surface area contributed by atoms with Crippen molar-refractivity contribution in [3.63, 3.8) is 0 Å². The van der Waals surface area contributed by atoms with E-state index in [9.17, 15) is 0 Å². The summed E-state index contributed by atoms with van der Waals surface area (Å²) in [5.74, 6) is 1.62. The van der Waals surface area contributed by atoms with Gasteiger partial charge in [0.2, 0.25) is 5.89 Å². The van der Waals surface area contributed by atoms with E-state index in [0.717, 1.165) is 24.8 Å². The van der Waals surface area contributed by atoms with Gasteiger partial charge in [0.1, 0.15) is 0 Å². The van der Waals surface area contributed by atoms with Gasteiger partial charge in [-0.2, -0.15) is 4.98 Å². The summed E-state index contributed by atoms with van der Waals surface area (Å²) in [5.41, 5.74) is 0.908. The molecule has 0 radical (unpaired) electrons. The molecule has 100 valence electrons. The minimum Gasteiger partial charge on any atom is -0.340 e. The third-order valence-electron chi connectivity index (χ3n) is 5.36.